The number of carbonyl (C=O) groups excluding carboxylic acids is 1. The first-order chi connectivity index (χ1) is 9.15. The fraction of sp³-hybridized carbons (Fsp3) is 0.133. The molecule has 0 aromatic heterocycles. The van der Waals surface area contributed by atoms with Crippen LogP contribution in [0, 0.1) is 5.82 Å². The first kappa shape index (κ1) is 12.4. The zero-order chi connectivity index (χ0) is 13.4. The van der Waals surface area contributed by atoms with Gasteiger partial charge in [-0.3, -0.25) is 4.79 Å². The van der Waals surface area contributed by atoms with E-state index in [0.29, 0.717) is 22.2 Å². The van der Waals surface area contributed by atoms with Crippen molar-refractivity contribution in [2.75, 3.05) is 6.61 Å². The van der Waals surface area contributed by atoms with E-state index < -0.39 is 0 Å². The topological polar surface area (TPSA) is 26.3 Å². The van der Waals surface area contributed by atoms with Gasteiger partial charge in [-0.25, -0.2) is 4.39 Å². The monoisotopic (exact) mass is 320 g/mol. The molecule has 0 bridgehead atoms. The zero-order valence-corrected chi connectivity index (χ0v) is 11.5. The Hall–Kier alpha value is -1.68. The predicted octanol–water partition coefficient (Wildman–Crippen LogP) is 3.75. The number of hydrogen-bond acceptors (Lipinski definition) is 2. The normalized spacial score (nSPS) is 12.9. The highest BCUT2D eigenvalue weighted by molar-refractivity contribution is 9.10. The second kappa shape index (κ2) is 4.78. The lowest BCUT2D eigenvalue weighted by atomic mass is 10.0. The van der Waals surface area contributed by atoms with Crippen LogP contribution < -0.4 is 4.74 Å². The van der Waals surface area contributed by atoms with E-state index in [1.165, 1.54) is 18.2 Å². The van der Waals surface area contributed by atoms with Gasteiger partial charge in [-0.1, -0.05) is 0 Å². The molecule has 4 heteroatoms. The maximum Gasteiger partial charge on any atom is 0.193 e. The van der Waals surface area contributed by atoms with Gasteiger partial charge in [0.25, 0.3) is 0 Å². The maximum atomic E-state index is 13.2. The summed E-state index contributed by atoms with van der Waals surface area (Å²) >= 11 is 3.09. The number of ketones is 1. The van der Waals surface area contributed by atoms with E-state index in [-0.39, 0.29) is 11.6 Å². The Bertz CT molecular complexity index is 667. The summed E-state index contributed by atoms with van der Waals surface area (Å²) in [6, 6.07) is 9.68. The van der Waals surface area contributed by atoms with E-state index in [2.05, 4.69) is 15.9 Å². The molecule has 1 aliphatic heterocycles. The number of ether oxygens (including phenoxy) is 1. The van der Waals surface area contributed by atoms with Crippen LogP contribution in [0.1, 0.15) is 21.5 Å². The number of carbonyl (C=O) groups is 1. The molecule has 96 valence electrons. The second-order valence-electron chi connectivity index (χ2n) is 4.38. The van der Waals surface area contributed by atoms with Crippen LogP contribution in [0.2, 0.25) is 0 Å². The lowest BCUT2D eigenvalue weighted by molar-refractivity contribution is 0.103. The number of rotatable bonds is 2. The summed E-state index contributed by atoms with van der Waals surface area (Å²) in [4.78, 5) is 12.3. The summed E-state index contributed by atoms with van der Waals surface area (Å²) in [6.45, 7) is 0.662. The van der Waals surface area contributed by atoms with Gasteiger partial charge in [0.2, 0.25) is 0 Å². The molecule has 0 amide bonds. The van der Waals surface area contributed by atoms with Crippen LogP contribution in [0.3, 0.4) is 0 Å². The van der Waals surface area contributed by atoms with Crippen LogP contribution in [0.4, 0.5) is 4.39 Å². The molecular weight excluding hydrogens is 311 g/mol. The van der Waals surface area contributed by atoms with Crippen molar-refractivity contribution < 1.29 is 13.9 Å². The van der Waals surface area contributed by atoms with Crippen molar-refractivity contribution >= 4 is 21.7 Å². The molecule has 0 spiro atoms. The van der Waals surface area contributed by atoms with Crippen LogP contribution in [0.5, 0.6) is 5.75 Å². The molecule has 0 aliphatic carbocycles. The van der Waals surface area contributed by atoms with Crippen LogP contribution in [-0.4, -0.2) is 12.4 Å². The van der Waals surface area contributed by atoms with Crippen LogP contribution in [0.15, 0.2) is 40.9 Å². The Morgan fingerprint density at radius 1 is 1.16 bits per heavy atom. The molecular formula is C15H10BrFO2. The summed E-state index contributed by atoms with van der Waals surface area (Å²) in [7, 11) is 0. The summed E-state index contributed by atoms with van der Waals surface area (Å²) in [5, 5.41) is 0. The molecule has 2 aromatic carbocycles. The van der Waals surface area contributed by atoms with E-state index in [1.54, 1.807) is 6.07 Å². The molecule has 2 nitrogen and oxygen atoms in total. The number of fused-ring (bicyclic) bond motifs is 1. The molecule has 2 aromatic rings. The average molecular weight is 321 g/mol. The molecule has 0 fully saturated rings. The molecule has 0 radical (unpaired) electrons. The Kier molecular flexibility index (Phi) is 3.11. The molecule has 0 atom stereocenters. The van der Waals surface area contributed by atoms with Crippen molar-refractivity contribution in [3.8, 4) is 5.75 Å². The van der Waals surface area contributed by atoms with E-state index in [4.69, 9.17) is 4.74 Å². The van der Waals surface area contributed by atoms with Crippen LogP contribution in [0.25, 0.3) is 0 Å². The summed E-state index contributed by atoms with van der Waals surface area (Å²) in [6.07, 6.45) is 0.823. The van der Waals surface area contributed by atoms with Crippen molar-refractivity contribution in [2.45, 2.75) is 6.42 Å². The molecule has 0 saturated heterocycles. The minimum absolute atomic E-state index is 0.115. The van der Waals surface area contributed by atoms with Crippen molar-refractivity contribution in [3.05, 3.63) is 63.4 Å². The third-order valence-electron chi connectivity index (χ3n) is 3.13. The maximum absolute atomic E-state index is 13.2. The Morgan fingerprint density at radius 2 is 1.89 bits per heavy atom. The molecule has 3 rings (SSSR count). The highest BCUT2D eigenvalue weighted by Crippen LogP contribution is 2.27. The number of hydrogen-bond donors (Lipinski definition) is 0. The SMILES string of the molecule is O=C(c1ccc(F)c(Br)c1)c1ccc2c(c1)CCO2. The van der Waals surface area contributed by atoms with E-state index in [1.807, 2.05) is 12.1 Å². The van der Waals surface area contributed by atoms with E-state index in [9.17, 15) is 9.18 Å². The Morgan fingerprint density at radius 3 is 2.68 bits per heavy atom. The van der Waals surface area contributed by atoms with Gasteiger partial charge in [0.15, 0.2) is 5.78 Å². The third-order valence-corrected chi connectivity index (χ3v) is 3.74. The van der Waals surface area contributed by atoms with Gasteiger partial charge in [0, 0.05) is 17.5 Å². The van der Waals surface area contributed by atoms with Crippen LogP contribution >= 0.6 is 15.9 Å². The smallest absolute Gasteiger partial charge is 0.193 e. The van der Waals surface area contributed by atoms with Gasteiger partial charge in [0.05, 0.1) is 11.1 Å². The predicted molar refractivity (Wildman–Crippen MR) is 73.2 cm³/mol. The fourth-order valence-electron chi connectivity index (χ4n) is 2.13. The lowest BCUT2D eigenvalue weighted by Gasteiger charge is -2.05. The lowest BCUT2D eigenvalue weighted by Crippen LogP contribution is -2.02. The van der Waals surface area contributed by atoms with Gasteiger partial charge in [0.1, 0.15) is 11.6 Å². The van der Waals surface area contributed by atoms with E-state index >= 15 is 0 Å². The Balaban J connectivity index is 1.97. The van der Waals surface area contributed by atoms with Gasteiger partial charge in [-0.15, -0.1) is 0 Å². The quantitative estimate of drug-likeness (QED) is 0.788. The highest BCUT2D eigenvalue weighted by atomic mass is 79.9. The Labute approximate surface area is 118 Å². The first-order valence-electron chi connectivity index (χ1n) is 5.90. The first-order valence-corrected chi connectivity index (χ1v) is 6.70. The second-order valence-corrected chi connectivity index (χ2v) is 5.23. The number of halogens is 2. The fourth-order valence-corrected chi connectivity index (χ4v) is 2.51. The van der Waals surface area contributed by atoms with E-state index in [0.717, 1.165) is 17.7 Å². The summed E-state index contributed by atoms with van der Waals surface area (Å²) < 4.78 is 18.9. The molecule has 0 unspecified atom stereocenters. The molecule has 1 heterocycles. The molecule has 1 aliphatic rings. The number of benzene rings is 2. The zero-order valence-electron chi connectivity index (χ0n) is 9.95. The van der Waals surface area contributed by atoms with Gasteiger partial charge in [-0.2, -0.15) is 0 Å². The van der Waals surface area contributed by atoms with Gasteiger partial charge < -0.3 is 4.74 Å². The molecule has 0 N–H and O–H groups in total. The van der Waals surface area contributed by atoms with Crippen molar-refractivity contribution in [3.63, 3.8) is 0 Å². The standard InChI is InChI=1S/C15H10BrFO2/c16-12-8-11(1-3-13(12)17)15(18)10-2-4-14-9(7-10)5-6-19-14/h1-4,7-8H,5-6H2. The molecule has 0 saturated carbocycles. The summed E-state index contributed by atoms with van der Waals surface area (Å²) in [5.41, 5.74) is 2.11. The third kappa shape index (κ3) is 2.28. The van der Waals surface area contributed by atoms with Gasteiger partial charge >= 0.3 is 0 Å². The van der Waals surface area contributed by atoms with Crippen molar-refractivity contribution in [1.82, 2.24) is 0 Å². The largest absolute Gasteiger partial charge is 0.493 e. The average Bonchev–Trinajstić information content (AvgIpc) is 2.88. The van der Waals surface area contributed by atoms with Crippen molar-refractivity contribution in [2.24, 2.45) is 0 Å². The van der Waals surface area contributed by atoms with Crippen LogP contribution in [-0.2, 0) is 6.42 Å². The van der Waals surface area contributed by atoms with Gasteiger partial charge in [-0.05, 0) is 57.9 Å². The molecule has 19 heavy (non-hydrogen) atoms. The minimum atomic E-state index is -0.376. The van der Waals surface area contributed by atoms with Crippen molar-refractivity contribution in [1.29, 1.82) is 0 Å². The highest BCUT2D eigenvalue weighted by Gasteiger charge is 2.16. The summed E-state index contributed by atoms with van der Waals surface area (Å²) in [5.74, 6) is 0.353. The minimum Gasteiger partial charge on any atom is -0.493 e.